The molecule has 2 aromatic heterocycles. The molecule has 0 amide bonds. The van der Waals surface area contributed by atoms with Gasteiger partial charge >= 0.3 is 0 Å². The summed E-state index contributed by atoms with van der Waals surface area (Å²) in [5, 5.41) is 13.8. The lowest BCUT2D eigenvalue weighted by molar-refractivity contribution is 0.209. The molecule has 0 aliphatic carbocycles. The molecule has 24 heavy (non-hydrogen) atoms. The zero-order valence-electron chi connectivity index (χ0n) is 13.0. The van der Waals surface area contributed by atoms with E-state index >= 15 is 0 Å². The minimum Gasteiger partial charge on any atom is -0.361 e. The minimum absolute atomic E-state index is 0.582. The third-order valence-corrected chi connectivity index (χ3v) is 4.97. The third-order valence-electron chi connectivity index (χ3n) is 4.11. The normalized spacial score (nSPS) is 14.8. The van der Waals surface area contributed by atoms with Gasteiger partial charge in [-0.25, -0.2) is 0 Å². The summed E-state index contributed by atoms with van der Waals surface area (Å²) in [6.45, 7) is 4.96. The largest absolute Gasteiger partial charge is 0.361 e. The number of aryl methyl sites for hydroxylation is 1. The summed E-state index contributed by atoms with van der Waals surface area (Å²) in [4.78, 5) is 2.28. The second-order valence-electron chi connectivity index (χ2n) is 5.84. The number of nitrogens with zero attached hydrogens (tertiary/aromatic N) is 5. The van der Waals surface area contributed by atoms with Gasteiger partial charge in [0.05, 0.1) is 16.6 Å². The standard InChI is InChI=1S/C16H15Cl2N5O/c1-10-7-13(21-24-10)16-20-19-14-9-22(5-6-23(14)16)8-11-3-2-4-12(17)15(11)18/h2-4,7H,5-6,8-9H2,1H3. The Kier molecular flexibility index (Phi) is 4.04. The van der Waals surface area contributed by atoms with Crippen LogP contribution in [0.1, 0.15) is 17.1 Å². The van der Waals surface area contributed by atoms with Crippen LogP contribution in [-0.2, 0) is 19.6 Å². The Morgan fingerprint density at radius 1 is 1.21 bits per heavy atom. The van der Waals surface area contributed by atoms with Crippen molar-refractivity contribution in [3.8, 4) is 11.5 Å². The maximum absolute atomic E-state index is 6.29. The summed E-state index contributed by atoms with van der Waals surface area (Å²) < 4.78 is 7.23. The molecule has 1 aliphatic rings. The fourth-order valence-electron chi connectivity index (χ4n) is 2.92. The van der Waals surface area contributed by atoms with Crippen LogP contribution >= 0.6 is 23.2 Å². The SMILES string of the molecule is Cc1cc(-c2nnc3n2CCN(Cc2cccc(Cl)c2Cl)C3)no1. The Morgan fingerprint density at radius 3 is 2.88 bits per heavy atom. The molecule has 0 radical (unpaired) electrons. The van der Waals surface area contributed by atoms with Crippen molar-refractivity contribution in [1.82, 2.24) is 24.8 Å². The van der Waals surface area contributed by atoms with Crippen LogP contribution in [0.2, 0.25) is 10.0 Å². The predicted molar refractivity (Wildman–Crippen MR) is 90.8 cm³/mol. The van der Waals surface area contributed by atoms with Crippen molar-refractivity contribution < 1.29 is 4.52 Å². The molecule has 0 N–H and O–H groups in total. The van der Waals surface area contributed by atoms with Gasteiger partial charge in [0, 0.05) is 25.7 Å². The topological polar surface area (TPSA) is 60.0 Å². The van der Waals surface area contributed by atoms with Crippen molar-refractivity contribution in [3.05, 3.63) is 51.5 Å². The number of hydrogen-bond acceptors (Lipinski definition) is 5. The van der Waals surface area contributed by atoms with E-state index in [9.17, 15) is 0 Å². The van der Waals surface area contributed by atoms with Crippen LogP contribution in [0.3, 0.4) is 0 Å². The average molecular weight is 364 g/mol. The van der Waals surface area contributed by atoms with Gasteiger partial charge in [-0.2, -0.15) is 0 Å². The van der Waals surface area contributed by atoms with Crippen molar-refractivity contribution in [1.29, 1.82) is 0 Å². The van der Waals surface area contributed by atoms with Gasteiger partial charge in [-0.05, 0) is 18.6 Å². The smallest absolute Gasteiger partial charge is 0.186 e. The van der Waals surface area contributed by atoms with Crippen LogP contribution < -0.4 is 0 Å². The number of rotatable bonds is 3. The Bertz CT molecular complexity index is 888. The van der Waals surface area contributed by atoms with Crippen LogP contribution in [0.25, 0.3) is 11.5 Å². The Labute approximate surface area is 149 Å². The van der Waals surface area contributed by atoms with Crippen molar-refractivity contribution in [2.75, 3.05) is 6.54 Å². The van der Waals surface area contributed by atoms with Crippen LogP contribution in [-0.4, -0.2) is 31.4 Å². The molecule has 0 saturated carbocycles. The first-order chi connectivity index (χ1) is 11.6. The summed E-state index contributed by atoms with van der Waals surface area (Å²) in [6, 6.07) is 7.58. The minimum atomic E-state index is 0.582. The van der Waals surface area contributed by atoms with Gasteiger partial charge in [0.25, 0.3) is 0 Å². The number of fused-ring (bicyclic) bond motifs is 1. The molecule has 0 bridgehead atoms. The van der Waals surface area contributed by atoms with Gasteiger partial charge in [-0.15, -0.1) is 10.2 Å². The first-order valence-corrected chi connectivity index (χ1v) is 8.38. The van der Waals surface area contributed by atoms with Gasteiger partial charge in [-0.1, -0.05) is 40.5 Å². The molecule has 3 heterocycles. The molecule has 1 aliphatic heterocycles. The lowest BCUT2D eigenvalue weighted by atomic mass is 10.2. The van der Waals surface area contributed by atoms with Crippen LogP contribution in [0, 0.1) is 6.92 Å². The average Bonchev–Trinajstić information content (AvgIpc) is 3.17. The zero-order chi connectivity index (χ0) is 16.7. The number of aromatic nitrogens is 4. The molecule has 0 fully saturated rings. The fraction of sp³-hybridized carbons (Fsp3) is 0.312. The van der Waals surface area contributed by atoms with Gasteiger partial charge in [0.1, 0.15) is 11.6 Å². The van der Waals surface area contributed by atoms with E-state index in [0.29, 0.717) is 16.6 Å². The van der Waals surface area contributed by atoms with Gasteiger partial charge < -0.3 is 9.09 Å². The number of hydrogen-bond donors (Lipinski definition) is 0. The number of benzene rings is 1. The monoisotopic (exact) mass is 363 g/mol. The molecule has 0 saturated heterocycles. The number of halogens is 2. The molecule has 0 unspecified atom stereocenters. The zero-order valence-corrected chi connectivity index (χ0v) is 14.5. The van der Waals surface area contributed by atoms with E-state index < -0.39 is 0 Å². The van der Waals surface area contributed by atoms with Crippen molar-refractivity contribution in [2.24, 2.45) is 0 Å². The highest BCUT2D eigenvalue weighted by molar-refractivity contribution is 6.42. The summed E-state index contributed by atoms with van der Waals surface area (Å²) >= 11 is 12.4. The third kappa shape index (κ3) is 2.81. The second-order valence-corrected chi connectivity index (χ2v) is 6.62. The van der Waals surface area contributed by atoms with E-state index in [1.54, 1.807) is 6.07 Å². The molecule has 124 valence electrons. The summed E-state index contributed by atoms with van der Waals surface area (Å²) in [6.07, 6.45) is 0. The van der Waals surface area contributed by atoms with Crippen molar-refractivity contribution in [2.45, 2.75) is 26.6 Å². The fourth-order valence-corrected chi connectivity index (χ4v) is 3.30. The maximum Gasteiger partial charge on any atom is 0.186 e. The van der Waals surface area contributed by atoms with Gasteiger partial charge in [0.15, 0.2) is 11.5 Å². The molecular weight excluding hydrogens is 349 g/mol. The van der Waals surface area contributed by atoms with Crippen molar-refractivity contribution >= 4 is 23.2 Å². The maximum atomic E-state index is 6.29. The van der Waals surface area contributed by atoms with Crippen molar-refractivity contribution in [3.63, 3.8) is 0 Å². The van der Waals surface area contributed by atoms with E-state index in [4.69, 9.17) is 27.7 Å². The van der Waals surface area contributed by atoms with E-state index in [2.05, 4.69) is 24.8 Å². The molecule has 8 heteroatoms. The van der Waals surface area contributed by atoms with Gasteiger partial charge in [0.2, 0.25) is 0 Å². The molecular formula is C16H15Cl2N5O. The van der Waals surface area contributed by atoms with E-state index in [1.165, 1.54) is 0 Å². The second kappa shape index (κ2) is 6.20. The highest BCUT2D eigenvalue weighted by Gasteiger charge is 2.23. The summed E-state index contributed by atoms with van der Waals surface area (Å²) in [5.41, 5.74) is 1.74. The van der Waals surface area contributed by atoms with E-state index in [1.807, 2.05) is 25.1 Å². The molecule has 4 rings (SSSR count). The van der Waals surface area contributed by atoms with E-state index in [-0.39, 0.29) is 0 Å². The quantitative estimate of drug-likeness (QED) is 0.711. The summed E-state index contributed by atoms with van der Waals surface area (Å²) in [7, 11) is 0. The molecule has 6 nitrogen and oxygen atoms in total. The molecule has 0 atom stereocenters. The van der Waals surface area contributed by atoms with Gasteiger partial charge in [-0.3, -0.25) is 4.90 Å². The molecule has 3 aromatic rings. The highest BCUT2D eigenvalue weighted by Crippen LogP contribution is 2.28. The molecule has 0 spiro atoms. The lowest BCUT2D eigenvalue weighted by Gasteiger charge is -2.27. The lowest BCUT2D eigenvalue weighted by Crippen LogP contribution is -2.33. The molecule has 1 aromatic carbocycles. The van der Waals surface area contributed by atoms with E-state index in [0.717, 1.165) is 48.3 Å². The van der Waals surface area contributed by atoms with Crippen LogP contribution in [0.4, 0.5) is 0 Å². The summed E-state index contributed by atoms with van der Waals surface area (Å²) in [5.74, 6) is 2.42. The van der Waals surface area contributed by atoms with Crippen LogP contribution in [0.5, 0.6) is 0 Å². The Morgan fingerprint density at radius 2 is 2.08 bits per heavy atom. The predicted octanol–water partition coefficient (Wildman–Crippen LogP) is 3.56. The Balaban J connectivity index is 1.55. The van der Waals surface area contributed by atoms with Crippen LogP contribution in [0.15, 0.2) is 28.8 Å². The first-order valence-electron chi connectivity index (χ1n) is 7.63. The first kappa shape index (κ1) is 15.6. The highest BCUT2D eigenvalue weighted by atomic mass is 35.5. The Hall–Kier alpha value is -1.89.